The number of anilines is 2. The molecule has 0 atom stereocenters. The molecule has 0 saturated heterocycles. The van der Waals surface area contributed by atoms with Crippen LogP contribution in [-0.4, -0.2) is 11.8 Å². The van der Waals surface area contributed by atoms with E-state index in [2.05, 4.69) is 10.6 Å². The molecule has 0 saturated carbocycles. The molecule has 0 aliphatic rings. The lowest BCUT2D eigenvalue weighted by Crippen LogP contribution is -2.12. The smallest absolute Gasteiger partial charge is 0.255 e. The molecule has 188 valence electrons. The molecule has 2 amide bonds. The second-order valence-electron chi connectivity index (χ2n) is 9.40. The van der Waals surface area contributed by atoms with Gasteiger partial charge in [-0.05, 0) is 110 Å². The van der Waals surface area contributed by atoms with Gasteiger partial charge in [-0.15, -0.1) is 0 Å². The van der Waals surface area contributed by atoms with Gasteiger partial charge >= 0.3 is 0 Å². The lowest BCUT2D eigenvalue weighted by Gasteiger charge is -2.11. The maximum Gasteiger partial charge on any atom is 0.255 e. The molecule has 5 nitrogen and oxygen atoms in total. The van der Waals surface area contributed by atoms with Crippen LogP contribution in [0.2, 0.25) is 0 Å². The van der Waals surface area contributed by atoms with E-state index < -0.39 is 0 Å². The highest BCUT2D eigenvalue weighted by molar-refractivity contribution is 6.05. The van der Waals surface area contributed by atoms with Crippen molar-refractivity contribution in [1.82, 2.24) is 0 Å². The Morgan fingerprint density at radius 3 is 1.41 bits per heavy atom. The summed E-state index contributed by atoms with van der Waals surface area (Å²) in [6.07, 6.45) is 0. The molecular formula is C32H32N2O3. The molecule has 0 aromatic heterocycles. The van der Waals surface area contributed by atoms with Crippen molar-refractivity contribution < 1.29 is 14.3 Å². The highest BCUT2D eigenvalue weighted by Gasteiger charge is 2.09. The summed E-state index contributed by atoms with van der Waals surface area (Å²) in [6, 6.07) is 26.7. The van der Waals surface area contributed by atoms with Crippen molar-refractivity contribution in [3.63, 3.8) is 0 Å². The minimum Gasteiger partial charge on any atom is -0.372 e. The first kappa shape index (κ1) is 25.9. The van der Waals surface area contributed by atoms with Crippen molar-refractivity contribution in [2.24, 2.45) is 0 Å². The molecule has 0 unspecified atom stereocenters. The van der Waals surface area contributed by atoms with Crippen LogP contribution >= 0.6 is 0 Å². The number of nitrogens with one attached hydrogen (secondary N) is 2. The fourth-order valence-electron chi connectivity index (χ4n) is 3.94. The SMILES string of the molecule is Cc1ccc(C(=O)Nc2cccc(COCc3cccc(NC(=O)c4ccc(C)c(C)c4)c3)c2)cc1C. The minimum atomic E-state index is -0.138. The molecule has 5 heteroatoms. The molecule has 0 aliphatic heterocycles. The van der Waals surface area contributed by atoms with Crippen LogP contribution in [0.3, 0.4) is 0 Å². The van der Waals surface area contributed by atoms with Gasteiger partial charge in [-0.25, -0.2) is 0 Å². The van der Waals surface area contributed by atoms with E-state index in [1.165, 1.54) is 0 Å². The topological polar surface area (TPSA) is 67.4 Å². The zero-order chi connectivity index (χ0) is 26.4. The van der Waals surface area contributed by atoms with E-state index in [-0.39, 0.29) is 11.8 Å². The van der Waals surface area contributed by atoms with E-state index in [1.807, 2.05) is 113 Å². The number of carbonyl (C=O) groups is 2. The third kappa shape index (κ3) is 6.93. The Morgan fingerprint density at radius 2 is 1.00 bits per heavy atom. The summed E-state index contributed by atoms with van der Waals surface area (Å²) >= 11 is 0. The van der Waals surface area contributed by atoms with Crippen molar-refractivity contribution >= 4 is 23.2 Å². The summed E-state index contributed by atoms with van der Waals surface area (Å²) in [5.74, 6) is -0.276. The van der Waals surface area contributed by atoms with Crippen molar-refractivity contribution in [1.29, 1.82) is 0 Å². The quantitative estimate of drug-likeness (QED) is 0.275. The number of amides is 2. The Hall–Kier alpha value is -4.22. The van der Waals surface area contributed by atoms with Crippen LogP contribution in [-0.2, 0) is 18.0 Å². The summed E-state index contributed by atoms with van der Waals surface area (Å²) in [5.41, 5.74) is 9.11. The van der Waals surface area contributed by atoms with Crippen molar-refractivity contribution in [2.75, 3.05) is 10.6 Å². The van der Waals surface area contributed by atoms with Gasteiger partial charge in [-0.2, -0.15) is 0 Å². The Labute approximate surface area is 218 Å². The van der Waals surface area contributed by atoms with E-state index >= 15 is 0 Å². The van der Waals surface area contributed by atoms with Crippen LogP contribution in [0.15, 0.2) is 84.9 Å². The lowest BCUT2D eigenvalue weighted by molar-refractivity contribution is 0.101. The highest BCUT2D eigenvalue weighted by atomic mass is 16.5. The second-order valence-corrected chi connectivity index (χ2v) is 9.40. The molecule has 2 N–H and O–H groups in total. The number of hydrogen-bond donors (Lipinski definition) is 2. The monoisotopic (exact) mass is 492 g/mol. The Morgan fingerprint density at radius 1 is 0.568 bits per heavy atom. The van der Waals surface area contributed by atoms with E-state index in [4.69, 9.17) is 4.74 Å². The highest BCUT2D eigenvalue weighted by Crippen LogP contribution is 2.18. The van der Waals surface area contributed by atoms with Crippen molar-refractivity contribution in [3.05, 3.63) is 129 Å². The molecular weight excluding hydrogens is 460 g/mol. The van der Waals surface area contributed by atoms with Crippen LogP contribution in [0, 0.1) is 27.7 Å². The van der Waals surface area contributed by atoms with Gasteiger partial charge in [0.15, 0.2) is 0 Å². The minimum absolute atomic E-state index is 0.138. The van der Waals surface area contributed by atoms with Crippen molar-refractivity contribution in [2.45, 2.75) is 40.9 Å². The summed E-state index contributed by atoms with van der Waals surface area (Å²) in [6.45, 7) is 8.84. The van der Waals surface area contributed by atoms with Gasteiger partial charge in [-0.3, -0.25) is 9.59 Å². The third-order valence-electron chi connectivity index (χ3n) is 6.45. The zero-order valence-corrected chi connectivity index (χ0v) is 21.7. The van der Waals surface area contributed by atoms with Gasteiger partial charge in [0.25, 0.3) is 11.8 Å². The largest absolute Gasteiger partial charge is 0.372 e. The van der Waals surface area contributed by atoms with E-state index in [0.29, 0.717) is 24.3 Å². The predicted molar refractivity (Wildman–Crippen MR) is 149 cm³/mol. The maximum atomic E-state index is 12.6. The number of aryl methyl sites for hydroxylation is 4. The fraction of sp³-hybridized carbons (Fsp3) is 0.188. The van der Waals surface area contributed by atoms with E-state index in [1.54, 1.807) is 0 Å². The van der Waals surface area contributed by atoms with Crippen LogP contribution in [0.5, 0.6) is 0 Å². The second kappa shape index (κ2) is 11.7. The first-order chi connectivity index (χ1) is 17.8. The Bertz CT molecular complexity index is 1330. The Balaban J connectivity index is 1.32. The fourth-order valence-corrected chi connectivity index (χ4v) is 3.94. The average Bonchev–Trinajstić information content (AvgIpc) is 2.88. The summed E-state index contributed by atoms with van der Waals surface area (Å²) < 4.78 is 5.93. The van der Waals surface area contributed by atoms with Gasteiger partial charge < -0.3 is 15.4 Å². The first-order valence-corrected chi connectivity index (χ1v) is 12.3. The van der Waals surface area contributed by atoms with Crippen LogP contribution in [0.4, 0.5) is 11.4 Å². The van der Waals surface area contributed by atoms with Crippen LogP contribution in [0.25, 0.3) is 0 Å². The molecule has 4 rings (SSSR count). The third-order valence-corrected chi connectivity index (χ3v) is 6.45. The van der Waals surface area contributed by atoms with Gasteiger partial charge in [0.1, 0.15) is 0 Å². The molecule has 0 fully saturated rings. The number of carbonyl (C=O) groups excluding carboxylic acids is 2. The molecule has 4 aromatic carbocycles. The van der Waals surface area contributed by atoms with Crippen LogP contribution in [0.1, 0.15) is 54.1 Å². The maximum absolute atomic E-state index is 12.6. The summed E-state index contributed by atoms with van der Waals surface area (Å²) in [4.78, 5) is 25.3. The average molecular weight is 493 g/mol. The normalized spacial score (nSPS) is 10.7. The van der Waals surface area contributed by atoms with Gasteiger partial charge in [0, 0.05) is 22.5 Å². The first-order valence-electron chi connectivity index (χ1n) is 12.3. The van der Waals surface area contributed by atoms with Gasteiger partial charge in [0.2, 0.25) is 0 Å². The molecule has 0 heterocycles. The number of hydrogen-bond acceptors (Lipinski definition) is 3. The molecule has 37 heavy (non-hydrogen) atoms. The molecule has 0 spiro atoms. The zero-order valence-electron chi connectivity index (χ0n) is 21.7. The molecule has 4 aromatic rings. The molecule has 0 radical (unpaired) electrons. The summed E-state index contributed by atoms with van der Waals surface area (Å²) in [7, 11) is 0. The van der Waals surface area contributed by atoms with E-state index in [9.17, 15) is 9.59 Å². The molecule has 0 bridgehead atoms. The molecule has 0 aliphatic carbocycles. The number of benzene rings is 4. The van der Waals surface area contributed by atoms with Gasteiger partial charge in [0.05, 0.1) is 13.2 Å². The van der Waals surface area contributed by atoms with Crippen molar-refractivity contribution in [3.8, 4) is 0 Å². The van der Waals surface area contributed by atoms with Crippen LogP contribution < -0.4 is 10.6 Å². The lowest BCUT2D eigenvalue weighted by atomic mass is 10.1. The summed E-state index contributed by atoms with van der Waals surface area (Å²) in [5, 5.41) is 5.93. The number of rotatable bonds is 8. The number of ether oxygens (including phenoxy) is 1. The van der Waals surface area contributed by atoms with E-state index in [0.717, 1.165) is 44.8 Å². The standard InChI is InChI=1S/C32H32N2O3/c1-21-11-13-27(15-23(21)3)31(35)33-29-9-5-7-25(17-29)19-37-20-26-8-6-10-30(18-26)34-32(36)28-14-12-22(2)24(4)16-28/h5-18H,19-20H2,1-4H3,(H,33,35)(H,34,36). The van der Waals surface area contributed by atoms with Gasteiger partial charge in [-0.1, -0.05) is 36.4 Å². The predicted octanol–water partition coefficient (Wildman–Crippen LogP) is 7.14. The Kier molecular flexibility index (Phi) is 8.16.